The molecule has 0 spiro atoms. The van der Waals surface area contributed by atoms with Crippen LogP contribution in [0.1, 0.15) is 53.5 Å². The van der Waals surface area contributed by atoms with Gasteiger partial charge < -0.3 is 14.8 Å². The maximum Gasteiger partial charge on any atom is 0.341 e. The maximum atomic E-state index is 12.5. The highest BCUT2D eigenvalue weighted by molar-refractivity contribution is 7.15. The van der Waals surface area contributed by atoms with Gasteiger partial charge in [0.25, 0.3) is 5.91 Å². The van der Waals surface area contributed by atoms with Crippen LogP contribution in [-0.4, -0.2) is 40.8 Å². The van der Waals surface area contributed by atoms with E-state index < -0.39 is 24.5 Å². The molecular weight excluding hydrogens is 514 g/mol. The highest BCUT2D eigenvalue weighted by Gasteiger charge is 2.22. The fourth-order valence-electron chi connectivity index (χ4n) is 3.62. The van der Waals surface area contributed by atoms with E-state index in [1.165, 1.54) is 23.5 Å². The van der Waals surface area contributed by atoms with Gasteiger partial charge in [0.1, 0.15) is 10.2 Å². The van der Waals surface area contributed by atoms with E-state index >= 15 is 0 Å². The Hall–Kier alpha value is -3.43. The molecule has 1 N–H and O–H groups in total. The van der Waals surface area contributed by atoms with Gasteiger partial charge in [0.15, 0.2) is 6.61 Å². The first kappa shape index (κ1) is 28.1. The van der Waals surface area contributed by atoms with Crippen molar-refractivity contribution in [3.8, 4) is 0 Å². The van der Waals surface area contributed by atoms with E-state index in [0.29, 0.717) is 45.9 Å². The molecule has 0 aliphatic rings. The number of nitrogens with one attached hydrogen (secondary N) is 1. The van der Waals surface area contributed by atoms with Crippen molar-refractivity contribution in [2.75, 3.05) is 18.5 Å². The summed E-state index contributed by atoms with van der Waals surface area (Å²) in [6.07, 6.45) is 3.39. The summed E-state index contributed by atoms with van der Waals surface area (Å²) in [6, 6.07) is 9.76. The molecule has 0 atom stereocenters. The lowest BCUT2D eigenvalue weighted by Crippen LogP contribution is -2.21. The van der Waals surface area contributed by atoms with Crippen LogP contribution in [0.5, 0.6) is 0 Å². The highest BCUT2D eigenvalue weighted by Crippen LogP contribution is 2.31. The minimum absolute atomic E-state index is 0.224. The number of hydrogen-bond donors (Lipinski definition) is 1. The molecule has 8 nitrogen and oxygen atoms in total. The number of rotatable bonds is 11. The van der Waals surface area contributed by atoms with Crippen LogP contribution < -0.4 is 5.32 Å². The summed E-state index contributed by atoms with van der Waals surface area (Å²) in [5.74, 6) is -1.44. The SMILES string of the molecule is CCOC(=O)c1c(CC(C)C)csc1NC(=O)COC(=O)C=Cc1c(C)nn(Cc2ccccc2)c1Cl. The van der Waals surface area contributed by atoms with E-state index in [4.69, 9.17) is 21.1 Å². The quantitative estimate of drug-likeness (QED) is 0.252. The van der Waals surface area contributed by atoms with Crippen molar-refractivity contribution >= 4 is 51.9 Å². The summed E-state index contributed by atoms with van der Waals surface area (Å²) < 4.78 is 11.9. The van der Waals surface area contributed by atoms with Crippen molar-refractivity contribution in [1.82, 2.24) is 9.78 Å². The lowest BCUT2D eigenvalue weighted by molar-refractivity contribution is -0.142. The molecule has 2 heterocycles. The van der Waals surface area contributed by atoms with Gasteiger partial charge in [-0.25, -0.2) is 14.3 Å². The van der Waals surface area contributed by atoms with Gasteiger partial charge in [-0.3, -0.25) is 4.79 Å². The first-order valence-electron chi connectivity index (χ1n) is 11.9. The zero-order valence-corrected chi connectivity index (χ0v) is 22.8. The number of halogens is 1. The number of amides is 1. The Labute approximate surface area is 225 Å². The molecule has 3 rings (SSSR count). The van der Waals surface area contributed by atoms with E-state index in [2.05, 4.69) is 10.4 Å². The second-order valence-electron chi connectivity index (χ2n) is 8.71. The van der Waals surface area contributed by atoms with Gasteiger partial charge in [-0.2, -0.15) is 5.10 Å². The van der Waals surface area contributed by atoms with Gasteiger partial charge in [0.05, 0.1) is 24.4 Å². The molecule has 0 fully saturated rings. The molecule has 0 bridgehead atoms. The number of anilines is 1. The summed E-state index contributed by atoms with van der Waals surface area (Å²) >= 11 is 7.71. The molecule has 3 aromatic rings. The average molecular weight is 544 g/mol. The molecule has 0 radical (unpaired) electrons. The van der Waals surface area contributed by atoms with Crippen LogP contribution in [-0.2, 0) is 32.0 Å². The van der Waals surface area contributed by atoms with Crippen molar-refractivity contribution in [2.24, 2.45) is 5.92 Å². The fourth-order valence-corrected chi connectivity index (χ4v) is 4.90. The molecule has 2 aromatic heterocycles. The van der Waals surface area contributed by atoms with E-state index in [-0.39, 0.29) is 6.61 Å². The number of carbonyl (C=O) groups excluding carboxylic acids is 3. The molecular formula is C27H30ClN3O5S. The number of carbonyl (C=O) groups is 3. The number of ether oxygens (including phenoxy) is 2. The lowest BCUT2D eigenvalue weighted by Gasteiger charge is -2.10. The number of aromatic nitrogens is 2. The third-order valence-corrected chi connectivity index (χ3v) is 6.59. The van der Waals surface area contributed by atoms with Gasteiger partial charge in [0.2, 0.25) is 0 Å². The lowest BCUT2D eigenvalue weighted by atomic mass is 10.0. The highest BCUT2D eigenvalue weighted by atomic mass is 35.5. The molecule has 0 saturated heterocycles. The van der Waals surface area contributed by atoms with E-state index in [1.807, 2.05) is 49.6 Å². The second kappa shape index (κ2) is 13.2. The van der Waals surface area contributed by atoms with Crippen LogP contribution >= 0.6 is 22.9 Å². The Kier molecular flexibility index (Phi) is 10.0. The molecule has 0 saturated carbocycles. The van der Waals surface area contributed by atoms with E-state index in [0.717, 1.165) is 11.1 Å². The van der Waals surface area contributed by atoms with Crippen LogP contribution in [0.2, 0.25) is 5.15 Å². The molecule has 0 aliphatic carbocycles. The molecule has 196 valence electrons. The number of thiophene rings is 1. The molecule has 10 heteroatoms. The van der Waals surface area contributed by atoms with E-state index in [1.54, 1.807) is 18.5 Å². The Morgan fingerprint density at radius 1 is 1.19 bits per heavy atom. The van der Waals surface area contributed by atoms with E-state index in [9.17, 15) is 14.4 Å². The Morgan fingerprint density at radius 3 is 2.59 bits per heavy atom. The Morgan fingerprint density at radius 2 is 1.92 bits per heavy atom. The van der Waals surface area contributed by atoms with Crippen LogP contribution in [0.4, 0.5) is 5.00 Å². The monoisotopic (exact) mass is 543 g/mol. The predicted octanol–water partition coefficient (Wildman–Crippen LogP) is 5.53. The average Bonchev–Trinajstić information content (AvgIpc) is 3.35. The summed E-state index contributed by atoms with van der Waals surface area (Å²) in [5, 5.41) is 9.70. The topological polar surface area (TPSA) is 99.5 Å². The normalized spacial score (nSPS) is 11.2. The standard InChI is InChI=1S/C27H30ClN3O5S/c1-5-35-27(34)24-20(13-17(2)3)16-37-26(24)29-22(32)15-36-23(33)12-11-21-18(4)30-31(25(21)28)14-19-9-7-6-8-10-19/h6-12,16-17H,5,13-15H2,1-4H3,(H,29,32). The van der Waals surface area contributed by atoms with Crippen LogP contribution in [0.15, 0.2) is 41.8 Å². The number of esters is 2. The van der Waals surface area contributed by atoms with Gasteiger partial charge in [-0.05, 0) is 48.8 Å². The summed E-state index contributed by atoms with van der Waals surface area (Å²) in [4.78, 5) is 37.2. The first-order chi connectivity index (χ1) is 17.7. The van der Waals surface area contributed by atoms with Crippen molar-refractivity contribution < 1.29 is 23.9 Å². The number of benzene rings is 1. The van der Waals surface area contributed by atoms with Crippen LogP contribution in [0, 0.1) is 12.8 Å². The predicted molar refractivity (Wildman–Crippen MR) is 145 cm³/mol. The summed E-state index contributed by atoms with van der Waals surface area (Å²) in [5.41, 5.74) is 3.45. The zero-order chi connectivity index (χ0) is 26.9. The van der Waals surface area contributed by atoms with Gasteiger partial charge in [0, 0.05) is 11.6 Å². The largest absolute Gasteiger partial charge is 0.462 e. The minimum atomic E-state index is -0.710. The van der Waals surface area contributed by atoms with Gasteiger partial charge >= 0.3 is 11.9 Å². The molecule has 0 unspecified atom stereocenters. The van der Waals surface area contributed by atoms with Crippen molar-refractivity contribution in [2.45, 2.75) is 40.7 Å². The van der Waals surface area contributed by atoms with Crippen LogP contribution in [0.25, 0.3) is 6.08 Å². The van der Waals surface area contributed by atoms with Gasteiger partial charge in [-0.1, -0.05) is 55.8 Å². The van der Waals surface area contributed by atoms with Crippen molar-refractivity contribution in [3.05, 3.63) is 74.9 Å². The fraction of sp³-hybridized carbons (Fsp3) is 0.333. The van der Waals surface area contributed by atoms with Crippen molar-refractivity contribution in [1.29, 1.82) is 0 Å². The molecule has 37 heavy (non-hydrogen) atoms. The number of hydrogen-bond acceptors (Lipinski definition) is 7. The second-order valence-corrected chi connectivity index (χ2v) is 9.94. The Balaban J connectivity index is 1.60. The van der Waals surface area contributed by atoms with Crippen molar-refractivity contribution in [3.63, 3.8) is 0 Å². The molecule has 1 aromatic carbocycles. The number of aryl methyl sites for hydroxylation is 1. The number of nitrogens with zero attached hydrogens (tertiary/aromatic N) is 2. The Bertz CT molecular complexity index is 1280. The van der Waals surface area contributed by atoms with Crippen LogP contribution in [0.3, 0.4) is 0 Å². The smallest absolute Gasteiger partial charge is 0.341 e. The summed E-state index contributed by atoms with van der Waals surface area (Å²) in [6.45, 7) is 7.81. The molecule has 1 amide bonds. The third kappa shape index (κ3) is 7.77. The molecule has 0 aliphatic heterocycles. The third-order valence-electron chi connectivity index (χ3n) is 5.24. The maximum absolute atomic E-state index is 12.5. The minimum Gasteiger partial charge on any atom is -0.462 e. The summed E-state index contributed by atoms with van der Waals surface area (Å²) in [7, 11) is 0. The zero-order valence-electron chi connectivity index (χ0n) is 21.2. The first-order valence-corrected chi connectivity index (χ1v) is 13.1. The van der Waals surface area contributed by atoms with Gasteiger partial charge in [-0.15, -0.1) is 11.3 Å².